The van der Waals surface area contributed by atoms with Crippen LogP contribution in [-0.2, 0) is 14.8 Å². The summed E-state index contributed by atoms with van der Waals surface area (Å²) < 4.78 is 42.6. The minimum atomic E-state index is -3.23. The summed E-state index contributed by atoms with van der Waals surface area (Å²) in [5.74, 6) is 0.770. The van der Waals surface area contributed by atoms with Gasteiger partial charge in [-0.25, -0.2) is 17.5 Å². The third-order valence-electron chi connectivity index (χ3n) is 5.54. The van der Waals surface area contributed by atoms with Gasteiger partial charge >= 0.3 is 5.97 Å². The topological polar surface area (TPSA) is 107 Å². The Labute approximate surface area is 189 Å². The average Bonchev–Trinajstić information content (AvgIpc) is 2.78. The molecule has 1 fully saturated rings. The Balaban J connectivity index is 1.99. The van der Waals surface area contributed by atoms with Crippen LogP contribution in [0, 0.1) is 0 Å². The van der Waals surface area contributed by atoms with E-state index >= 15 is 0 Å². The predicted molar refractivity (Wildman–Crippen MR) is 123 cm³/mol. The Kier molecular flexibility index (Phi) is 7.78. The summed E-state index contributed by atoms with van der Waals surface area (Å²) in [4.78, 5) is 17.1. The van der Waals surface area contributed by atoms with E-state index in [1.165, 1.54) is 6.20 Å². The number of hydrogen-bond acceptors (Lipinski definition) is 8. The normalized spacial score (nSPS) is 15.5. The molecule has 2 heterocycles. The molecule has 1 aromatic carbocycles. The van der Waals surface area contributed by atoms with Gasteiger partial charge in [-0.1, -0.05) is 6.92 Å². The van der Waals surface area contributed by atoms with Crippen molar-refractivity contribution in [3.05, 3.63) is 23.9 Å². The van der Waals surface area contributed by atoms with Crippen molar-refractivity contribution in [1.29, 1.82) is 0 Å². The summed E-state index contributed by atoms with van der Waals surface area (Å²) in [7, 11) is -0.116. The molecule has 0 spiro atoms. The number of rotatable bonds is 9. The van der Waals surface area contributed by atoms with Gasteiger partial charge in [0.05, 0.1) is 37.7 Å². The summed E-state index contributed by atoms with van der Waals surface area (Å²) in [5, 5.41) is 4.09. The van der Waals surface area contributed by atoms with Crippen LogP contribution in [0.15, 0.2) is 18.3 Å². The summed E-state index contributed by atoms with van der Waals surface area (Å²) >= 11 is 0. The monoisotopic (exact) mass is 465 g/mol. The smallest absolute Gasteiger partial charge is 0.341 e. The number of ether oxygens (including phenoxy) is 3. The number of nitrogens with zero attached hydrogens (tertiary/aromatic N) is 2. The molecule has 9 nitrogen and oxygen atoms in total. The molecular weight excluding hydrogens is 434 g/mol. The number of pyridine rings is 1. The number of sulfonamides is 1. The van der Waals surface area contributed by atoms with E-state index < -0.39 is 16.0 Å². The fourth-order valence-electron chi connectivity index (χ4n) is 3.97. The Morgan fingerprint density at radius 2 is 1.81 bits per heavy atom. The molecule has 0 radical (unpaired) electrons. The summed E-state index contributed by atoms with van der Waals surface area (Å²) in [6.07, 6.45) is 3.29. The first kappa shape index (κ1) is 24.1. The van der Waals surface area contributed by atoms with Crippen LogP contribution in [0.2, 0.25) is 0 Å². The standard InChI is InChI=1S/C22H31N3O6S/c1-5-13-32(27,28)25-11-9-15(10-12-25)24-20-16(22(26)31-6-2)14-23-21-18(30-4)8-7-17(29-3)19(20)21/h7-8,14-15H,5-6,9-13H2,1-4H3,(H,23,24). The first-order chi connectivity index (χ1) is 15.4. The van der Waals surface area contributed by atoms with Crippen LogP contribution in [0.1, 0.15) is 43.5 Å². The Morgan fingerprint density at radius 3 is 2.41 bits per heavy atom. The highest BCUT2D eigenvalue weighted by atomic mass is 32.2. The number of anilines is 1. The number of carbonyl (C=O) groups excluding carboxylic acids is 1. The summed E-state index contributed by atoms with van der Waals surface area (Å²) in [6, 6.07) is 3.50. The minimum absolute atomic E-state index is 0.0299. The Hall–Kier alpha value is -2.59. The first-order valence-electron chi connectivity index (χ1n) is 10.8. The molecule has 1 N–H and O–H groups in total. The van der Waals surface area contributed by atoms with Gasteiger partial charge in [0.1, 0.15) is 22.6 Å². The zero-order chi connectivity index (χ0) is 23.3. The average molecular weight is 466 g/mol. The second-order valence-electron chi connectivity index (χ2n) is 7.59. The van der Waals surface area contributed by atoms with Crippen LogP contribution >= 0.6 is 0 Å². The van der Waals surface area contributed by atoms with E-state index in [9.17, 15) is 13.2 Å². The highest BCUT2D eigenvalue weighted by molar-refractivity contribution is 7.89. The molecular formula is C22H31N3O6S. The maximum atomic E-state index is 12.7. The van der Waals surface area contributed by atoms with Crippen molar-refractivity contribution < 1.29 is 27.4 Å². The molecule has 3 rings (SSSR count). The number of aromatic nitrogens is 1. The van der Waals surface area contributed by atoms with Crippen molar-refractivity contribution >= 4 is 32.6 Å². The SMILES string of the molecule is CCCS(=O)(=O)N1CCC(Nc2c(C(=O)OCC)cnc3c(OC)ccc(OC)c23)CC1. The van der Waals surface area contributed by atoms with Crippen LogP contribution in [0.3, 0.4) is 0 Å². The number of hydrogen-bond donors (Lipinski definition) is 1. The highest BCUT2D eigenvalue weighted by Gasteiger charge is 2.29. The zero-order valence-corrected chi connectivity index (χ0v) is 19.8. The third-order valence-corrected chi connectivity index (χ3v) is 7.61. The van der Waals surface area contributed by atoms with Crippen LogP contribution < -0.4 is 14.8 Å². The first-order valence-corrected chi connectivity index (χ1v) is 12.4. The van der Waals surface area contributed by atoms with E-state index in [1.807, 2.05) is 6.92 Å². The number of carbonyl (C=O) groups is 1. The summed E-state index contributed by atoms with van der Waals surface area (Å²) in [6.45, 7) is 4.70. The van der Waals surface area contributed by atoms with Gasteiger partial charge in [-0.15, -0.1) is 0 Å². The van der Waals surface area contributed by atoms with Gasteiger partial charge in [0.15, 0.2) is 0 Å². The molecule has 0 unspecified atom stereocenters. The van der Waals surface area contributed by atoms with Crippen LogP contribution in [0.25, 0.3) is 10.9 Å². The van der Waals surface area contributed by atoms with Crippen molar-refractivity contribution in [2.75, 3.05) is 45.0 Å². The lowest BCUT2D eigenvalue weighted by Gasteiger charge is -2.32. The zero-order valence-electron chi connectivity index (χ0n) is 19.0. The maximum Gasteiger partial charge on any atom is 0.341 e. The van der Waals surface area contributed by atoms with E-state index in [-0.39, 0.29) is 18.4 Å². The van der Waals surface area contributed by atoms with Crippen molar-refractivity contribution in [2.24, 2.45) is 0 Å². The lowest BCUT2D eigenvalue weighted by atomic mass is 10.0. The van der Waals surface area contributed by atoms with Crippen molar-refractivity contribution in [3.8, 4) is 11.5 Å². The molecule has 0 aliphatic carbocycles. The van der Waals surface area contributed by atoms with Gasteiger partial charge in [-0.2, -0.15) is 0 Å². The number of methoxy groups -OCH3 is 2. The number of fused-ring (bicyclic) bond motifs is 1. The Bertz CT molecular complexity index is 1070. The second kappa shape index (κ2) is 10.4. The van der Waals surface area contributed by atoms with Crippen LogP contribution in [0.4, 0.5) is 5.69 Å². The van der Waals surface area contributed by atoms with Crippen molar-refractivity contribution in [2.45, 2.75) is 39.2 Å². The molecule has 1 aromatic heterocycles. The van der Waals surface area contributed by atoms with Gasteiger partial charge in [0.2, 0.25) is 10.0 Å². The van der Waals surface area contributed by atoms with E-state index in [2.05, 4.69) is 10.3 Å². The fraction of sp³-hybridized carbons (Fsp3) is 0.545. The van der Waals surface area contributed by atoms with E-state index in [0.717, 1.165) is 0 Å². The molecule has 32 heavy (non-hydrogen) atoms. The largest absolute Gasteiger partial charge is 0.496 e. The number of nitrogens with one attached hydrogen (secondary N) is 1. The van der Waals surface area contributed by atoms with E-state index in [1.54, 1.807) is 37.6 Å². The molecule has 1 aliphatic rings. The number of piperidine rings is 1. The van der Waals surface area contributed by atoms with Gasteiger partial charge in [0.25, 0.3) is 0 Å². The molecule has 0 amide bonds. The molecule has 0 saturated carbocycles. The summed E-state index contributed by atoms with van der Waals surface area (Å²) in [5.41, 5.74) is 1.41. The van der Waals surface area contributed by atoms with Gasteiger partial charge in [-0.3, -0.25) is 4.98 Å². The minimum Gasteiger partial charge on any atom is -0.496 e. The highest BCUT2D eigenvalue weighted by Crippen LogP contribution is 2.39. The third kappa shape index (κ3) is 4.91. The van der Waals surface area contributed by atoms with Crippen LogP contribution in [0.5, 0.6) is 11.5 Å². The number of esters is 1. The molecule has 1 aliphatic heterocycles. The quantitative estimate of drug-likeness (QED) is 0.563. The fourth-order valence-corrected chi connectivity index (χ4v) is 5.51. The van der Waals surface area contributed by atoms with E-state index in [4.69, 9.17) is 14.2 Å². The Morgan fingerprint density at radius 1 is 1.16 bits per heavy atom. The molecule has 10 heteroatoms. The van der Waals surface area contributed by atoms with Crippen molar-refractivity contribution in [3.63, 3.8) is 0 Å². The molecule has 176 valence electrons. The maximum absolute atomic E-state index is 12.7. The van der Waals surface area contributed by atoms with Gasteiger partial charge in [-0.05, 0) is 38.3 Å². The van der Waals surface area contributed by atoms with Gasteiger partial charge in [0, 0.05) is 25.3 Å². The molecule has 1 saturated heterocycles. The lowest BCUT2D eigenvalue weighted by Crippen LogP contribution is -2.43. The van der Waals surface area contributed by atoms with Crippen LogP contribution in [-0.4, -0.2) is 69.4 Å². The second-order valence-corrected chi connectivity index (χ2v) is 9.68. The lowest BCUT2D eigenvalue weighted by molar-refractivity contribution is 0.0527. The molecule has 0 atom stereocenters. The predicted octanol–water partition coefficient (Wildman–Crippen LogP) is 3.04. The number of benzene rings is 1. The molecule has 2 aromatic rings. The van der Waals surface area contributed by atoms with Crippen molar-refractivity contribution in [1.82, 2.24) is 9.29 Å². The van der Waals surface area contributed by atoms with Gasteiger partial charge < -0.3 is 19.5 Å². The molecule has 0 bridgehead atoms. The van der Waals surface area contributed by atoms with E-state index in [0.29, 0.717) is 66.0 Å².